The third kappa shape index (κ3) is 4.97. The van der Waals surface area contributed by atoms with Gasteiger partial charge in [-0.25, -0.2) is 14.3 Å². The Bertz CT molecular complexity index is 1530. The number of hydrogen-bond acceptors (Lipinski definition) is 6. The minimum Gasteiger partial charge on any atom is -0.456 e. The quantitative estimate of drug-likeness (QED) is 0.244. The summed E-state index contributed by atoms with van der Waals surface area (Å²) in [6.07, 6.45) is 0.431. The summed E-state index contributed by atoms with van der Waals surface area (Å²) in [7, 11) is 0. The number of aryl methyl sites for hydroxylation is 4. The van der Waals surface area contributed by atoms with Crippen LogP contribution < -0.4 is 5.63 Å². The van der Waals surface area contributed by atoms with Crippen LogP contribution in [0.3, 0.4) is 0 Å². The zero-order valence-corrected chi connectivity index (χ0v) is 21.6. The molecule has 0 bridgehead atoms. The first kappa shape index (κ1) is 25.4. The average Bonchev–Trinajstić information content (AvgIpc) is 3.17. The van der Waals surface area contributed by atoms with Crippen molar-refractivity contribution in [1.82, 2.24) is 9.78 Å². The Labute approximate surface area is 213 Å². The highest BCUT2D eigenvalue weighted by Gasteiger charge is 2.26. The molecule has 2 aromatic carbocycles. The smallest absolute Gasteiger partial charge is 0.341 e. The minimum atomic E-state index is -0.910. The van der Waals surface area contributed by atoms with Gasteiger partial charge in [0.2, 0.25) is 5.71 Å². The number of fused-ring (bicyclic) bond motifs is 1. The summed E-state index contributed by atoms with van der Waals surface area (Å²) in [5.41, 5.74) is 5.42. The number of nitrogens with zero attached hydrogens (tertiary/aromatic N) is 2. The second-order valence-electron chi connectivity index (χ2n) is 9.01. The summed E-state index contributed by atoms with van der Waals surface area (Å²) in [4.78, 5) is 38.1. The van der Waals surface area contributed by atoms with Crippen molar-refractivity contribution in [1.29, 1.82) is 0 Å². The molecule has 4 rings (SSSR count). The van der Waals surface area contributed by atoms with Crippen LogP contribution in [0.2, 0.25) is 5.02 Å². The van der Waals surface area contributed by atoms with Crippen LogP contribution in [0.4, 0.5) is 0 Å². The van der Waals surface area contributed by atoms with Crippen LogP contribution in [0.15, 0.2) is 51.7 Å². The molecule has 7 nitrogen and oxygen atoms in total. The fourth-order valence-electron chi connectivity index (χ4n) is 4.17. The SMILES string of the molecule is Cc1ccc(Cc2c(C)c3c(C)nn(C(C)C(=O)OCC(=O)c4ccc(Cl)cc4)c3oc2=O)cc1C. The Morgan fingerprint density at radius 3 is 2.42 bits per heavy atom. The Morgan fingerprint density at radius 2 is 1.75 bits per heavy atom. The maximum absolute atomic E-state index is 13.0. The van der Waals surface area contributed by atoms with E-state index in [1.807, 2.05) is 32.9 Å². The zero-order chi connectivity index (χ0) is 26.1. The summed E-state index contributed by atoms with van der Waals surface area (Å²) in [5.74, 6) is -1.02. The molecule has 2 heterocycles. The molecule has 36 heavy (non-hydrogen) atoms. The lowest BCUT2D eigenvalue weighted by Gasteiger charge is -2.13. The van der Waals surface area contributed by atoms with Crippen molar-refractivity contribution in [3.8, 4) is 0 Å². The van der Waals surface area contributed by atoms with E-state index in [4.69, 9.17) is 20.8 Å². The fraction of sp³-hybridized carbons (Fsp3) is 0.286. The highest BCUT2D eigenvalue weighted by atomic mass is 35.5. The van der Waals surface area contributed by atoms with Crippen LogP contribution in [-0.2, 0) is 16.0 Å². The Kier molecular flexibility index (Phi) is 7.13. The molecule has 1 unspecified atom stereocenters. The van der Waals surface area contributed by atoms with E-state index in [-0.39, 0.29) is 11.5 Å². The van der Waals surface area contributed by atoms with E-state index in [0.717, 1.165) is 16.7 Å². The molecule has 186 valence electrons. The number of halogens is 1. The van der Waals surface area contributed by atoms with Crippen molar-refractivity contribution in [2.75, 3.05) is 6.61 Å². The fourth-order valence-corrected chi connectivity index (χ4v) is 4.30. The van der Waals surface area contributed by atoms with Gasteiger partial charge in [0, 0.05) is 22.6 Å². The molecule has 8 heteroatoms. The predicted octanol–water partition coefficient (Wildman–Crippen LogP) is 5.45. The maximum atomic E-state index is 13.0. The first-order chi connectivity index (χ1) is 17.1. The van der Waals surface area contributed by atoms with Gasteiger partial charge in [-0.1, -0.05) is 29.8 Å². The van der Waals surface area contributed by atoms with Crippen LogP contribution in [0.5, 0.6) is 0 Å². The van der Waals surface area contributed by atoms with Crippen LogP contribution in [0, 0.1) is 27.7 Å². The lowest BCUT2D eigenvalue weighted by molar-refractivity contribution is -0.146. The number of ether oxygens (including phenoxy) is 1. The standard InChI is InChI=1S/C28H27ClN2O5/c1-15-6-7-20(12-16(15)2)13-23-17(3)25-18(4)30-31(26(25)36-28(23)34)19(5)27(33)35-14-24(32)21-8-10-22(29)11-9-21/h6-12,19H,13-14H2,1-5H3. The highest BCUT2D eigenvalue weighted by Crippen LogP contribution is 2.27. The van der Waals surface area contributed by atoms with E-state index < -0.39 is 24.2 Å². The molecule has 0 fully saturated rings. The lowest BCUT2D eigenvalue weighted by Crippen LogP contribution is -2.23. The number of esters is 1. The topological polar surface area (TPSA) is 91.4 Å². The van der Waals surface area contributed by atoms with E-state index in [2.05, 4.69) is 11.2 Å². The summed E-state index contributed by atoms with van der Waals surface area (Å²) in [6, 6.07) is 11.5. The summed E-state index contributed by atoms with van der Waals surface area (Å²) < 4.78 is 12.3. The van der Waals surface area contributed by atoms with Gasteiger partial charge >= 0.3 is 11.6 Å². The first-order valence-electron chi connectivity index (χ1n) is 11.6. The average molecular weight is 507 g/mol. The first-order valence-corrected chi connectivity index (χ1v) is 12.0. The second kappa shape index (κ2) is 10.1. The number of carbonyl (C=O) groups is 2. The molecule has 0 amide bonds. The molecule has 0 spiro atoms. The van der Waals surface area contributed by atoms with Crippen molar-refractivity contribution in [2.45, 2.75) is 47.1 Å². The van der Waals surface area contributed by atoms with Crippen LogP contribution in [-0.4, -0.2) is 28.1 Å². The molecule has 0 aliphatic heterocycles. The molecule has 0 radical (unpaired) electrons. The predicted molar refractivity (Wildman–Crippen MR) is 138 cm³/mol. The maximum Gasteiger partial charge on any atom is 0.341 e. The van der Waals surface area contributed by atoms with Gasteiger partial charge < -0.3 is 9.15 Å². The summed E-state index contributed by atoms with van der Waals surface area (Å²) >= 11 is 5.85. The number of carbonyl (C=O) groups excluding carboxylic acids is 2. The molecule has 0 aliphatic carbocycles. The molecule has 2 aromatic heterocycles. The van der Waals surface area contributed by atoms with E-state index in [1.165, 1.54) is 10.2 Å². The molecule has 1 atom stereocenters. The van der Waals surface area contributed by atoms with Crippen LogP contribution in [0.1, 0.15) is 56.8 Å². The lowest BCUT2D eigenvalue weighted by atomic mass is 9.98. The number of ketones is 1. The number of hydrogen-bond donors (Lipinski definition) is 0. The van der Waals surface area contributed by atoms with E-state index in [9.17, 15) is 14.4 Å². The Morgan fingerprint density at radius 1 is 1.06 bits per heavy atom. The molecular weight excluding hydrogens is 480 g/mol. The van der Waals surface area contributed by atoms with Gasteiger partial charge in [-0.2, -0.15) is 5.10 Å². The van der Waals surface area contributed by atoms with Crippen LogP contribution in [0.25, 0.3) is 11.1 Å². The van der Waals surface area contributed by atoms with Crippen molar-refractivity contribution in [2.24, 2.45) is 0 Å². The second-order valence-corrected chi connectivity index (χ2v) is 9.45. The van der Waals surface area contributed by atoms with Gasteiger partial charge in [0.15, 0.2) is 18.4 Å². The monoisotopic (exact) mass is 506 g/mol. The summed E-state index contributed by atoms with van der Waals surface area (Å²) in [5, 5.41) is 5.66. The van der Waals surface area contributed by atoms with Gasteiger partial charge in [0.05, 0.1) is 11.1 Å². The Balaban J connectivity index is 1.58. The summed E-state index contributed by atoms with van der Waals surface area (Å²) in [6.45, 7) is 8.90. The zero-order valence-electron chi connectivity index (χ0n) is 20.8. The van der Waals surface area contributed by atoms with Crippen molar-refractivity contribution >= 4 is 34.5 Å². The van der Waals surface area contributed by atoms with E-state index in [0.29, 0.717) is 33.7 Å². The third-order valence-corrected chi connectivity index (χ3v) is 6.73. The van der Waals surface area contributed by atoms with Gasteiger partial charge in [0.1, 0.15) is 0 Å². The number of aromatic nitrogens is 2. The van der Waals surface area contributed by atoms with Crippen molar-refractivity contribution in [3.05, 3.63) is 97.0 Å². The Hall–Kier alpha value is -3.71. The van der Waals surface area contributed by atoms with Gasteiger partial charge in [-0.3, -0.25) is 4.79 Å². The molecular formula is C28H27ClN2O5. The molecule has 0 saturated carbocycles. The van der Waals surface area contributed by atoms with Gasteiger partial charge in [-0.15, -0.1) is 0 Å². The normalized spacial score (nSPS) is 12.1. The van der Waals surface area contributed by atoms with Crippen LogP contribution >= 0.6 is 11.6 Å². The van der Waals surface area contributed by atoms with Gasteiger partial charge in [-0.05, 0) is 81.1 Å². The molecule has 0 saturated heterocycles. The number of benzene rings is 2. The highest BCUT2D eigenvalue weighted by molar-refractivity contribution is 6.30. The molecule has 4 aromatic rings. The third-order valence-electron chi connectivity index (χ3n) is 6.48. The van der Waals surface area contributed by atoms with Crippen molar-refractivity contribution in [3.63, 3.8) is 0 Å². The molecule has 0 N–H and O–H groups in total. The minimum absolute atomic E-state index is 0.201. The van der Waals surface area contributed by atoms with E-state index in [1.54, 1.807) is 38.1 Å². The van der Waals surface area contributed by atoms with Crippen molar-refractivity contribution < 1.29 is 18.7 Å². The number of Topliss-reactive ketones (excluding diaryl/α,β-unsaturated/α-hetero) is 1. The molecule has 0 aliphatic rings. The largest absolute Gasteiger partial charge is 0.456 e. The van der Waals surface area contributed by atoms with Gasteiger partial charge in [0.25, 0.3) is 0 Å². The number of rotatable bonds is 7. The van der Waals surface area contributed by atoms with E-state index >= 15 is 0 Å².